The van der Waals surface area contributed by atoms with Gasteiger partial charge in [-0.05, 0) is 35.9 Å². The van der Waals surface area contributed by atoms with Crippen LogP contribution in [0.15, 0.2) is 36.4 Å². The first-order valence-electron chi connectivity index (χ1n) is 8.77. The fourth-order valence-electron chi connectivity index (χ4n) is 2.76. The lowest BCUT2D eigenvalue weighted by Gasteiger charge is -2.22. The number of rotatable bonds is 9. The summed E-state index contributed by atoms with van der Waals surface area (Å²) < 4.78 is 41.2. The minimum atomic E-state index is -3.74. The Balaban J connectivity index is 2.18. The number of sulfonamides is 1. The van der Waals surface area contributed by atoms with Crippen molar-refractivity contribution in [3.8, 4) is 23.3 Å². The standard InChI is InChI=1S/C20H23N3O6S/c1-27-17-9-15(10-18(28-2)20(17)29-3)12-22-19(24)13-23(30(4,25)26)16-7-5-6-14(8-16)11-21/h5-10H,12-13H2,1-4H3,(H,22,24). The van der Waals surface area contributed by atoms with Gasteiger partial charge in [-0.25, -0.2) is 8.42 Å². The van der Waals surface area contributed by atoms with E-state index in [1.807, 2.05) is 6.07 Å². The molecule has 1 N–H and O–H groups in total. The maximum Gasteiger partial charge on any atom is 0.241 e. The molecule has 0 aromatic heterocycles. The fraction of sp³-hybridized carbons (Fsp3) is 0.300. The molecule has 0 saturated carbocycles. The number of ether oxygens (including phenoxy) is 3. The summed E-state index contributed by atoms with van der Waals surface area (Å²) in [5, 5.41) is 11.7. The Labute approximate surface area is 175 Å². The van der Waals surface area contributed by atoms with Gasteiger partial charge in [0.05, 0.1) is 44.9 Å². The molecule has 0 spiro atoms. The Morgan fingerprint density at radius 2 is 1.73 bits per heavy atom. The summed E-state index contributed by atoms with van der Waals surface area (Å²) in [7, 11) is 0.714. The third-order valence-corrected chi connectivity index (χ3v) is 5.31. The Morgan fingerprint density at radius 3 is 2.23 bits per heavy atom. The molecular weight excluding hydrogens is 410 g/mol. The number of hydrogen-bond acceptors (Lipinski definition) is 7. The number of nitrogens with one attached hydrogen (secondary N) is 1. The van der Waals surface area contributed by atoms with Gasteiger partial charge in [-0.1, -0.05) is 6.07 Å². The van der Waals surface area contributed by atoms with Gasteiger partial charge >= 0.3 is 0 Å². The van der Waals surface area contributed by atoms with Gasteiger partial charge in [-0.3, -0.25) is 9.10 Å². The Hall–Kier alpha value is -3.45. The molecule has 0 saturated heterocycles. The normalized spacial score (nSPS) is 10.6. The molecule has 0 fully saturated rings. The summed E-state index contributed by atoms with van der Waals surface area (Å²) in [6, 6.07) is 11.4. The van der Waals surface area contributed by atoms with E-state index in [1.54, 1.807) is 24.3 Å². The van der Waals surface area contributed by atoms with E-state index in [0.717, 1.165) is 10.6 Å². The van der Waals surface area contributed by atoms with Crippen LogP contribution in [0, 0.1) is 11.3 Å². The Kier molecular flexibility index (Phi) is 7.49. The monoisotopic (exact) mass is 433 g/mol. The van der Waals surface area contributed by atoms with Crippen molar-refractivity contribution >= 4 is 21.6 Å². The Bertz CT molecular complexity index is 1040. The Morgan fingerprint density at radius 1 is 1.10 bits per heavy atom. The van der Waals surface area contributed by atoms with Crippen LogP contribution in [0.2, 0.25) is 0 Å². The minimum absolute atomic E-state index is 0.116. The predicted molar refractivity (Wildman–Crippen MR) is 111 cm³/mol. The molecule has 9 nitrogen and oxygen atoms in total. The molecule has 0 radical (unpaired) electrons. The molecule has 0 unspecified atom stereocenters. The maximum absolute atomic E-state index is 12.5. The second kappa shape index (κ2) is 9.84. The molecule has 0 heterocycles. The predicted octanol–water partition coefficient (Wildman–Crippen LogP) is 1.67. The van der Waals surface area contributed by atoms with Crippen molar-refractivity contribution in [3.05, 3.63) is 47.5 Å². The van der Waals surface area contributed by atoms with Crippen LogP contribution in [0.5, 0.6) is 17.2 Å². The number of methoxy groups -OCH3 is 3. The number of hydrogen-bond donors (Lipinski definition) is 1. The summed E-state index contributed by atoms with van der Waals surface area (Å²) in [5.41, 5.74) is 1.20. The van der Waals surface area contributed by atoms with E-state index in [0.29, 0.717) is 28.4 Å². The molecule has 2 aromatic carbocycles. The van der Waals surface area contributed by atoms with E-state index in [-0.39, 0.29) is 12.2 Å². The topological polar surface area (TPSA) is 118 Å². The van der Waals surface area contributed by atoms with Crippen LogP contribution in [0.25, 0.3) is 0 Å². The highest BCUT2D eigenvalue weighted by Crippen LogP contribution is 2.38. The lowest BCUT2D eigenvalue weighted by atomic mass is 10.1. The highest BCUT2D eigenvalue weighted by atomic mass is 32.2. The molecule has 0 atom stereocenters. The van der Waals surface area contributed by atoms with Crippen molar-refractivity contribution in [2.24, 2.45) is 0 Å². The second-order valence-electron chi connectivity index (χ2n) is 6.24. The molecule has 2 aromatic rings. The molecular formula is C20H23N3O6S. The number of carbonyl (C=O) groups excluding carboxylic acids is 1. The summed E-state index contributed by atoms with van der Waals surface area (Å²) in [5.74, 6) is 0.784. The van der Waals surface area contributed by atoms with Crippen LogP contribution in [-0.4, -0.2) is 48.5 Å². The number of anilines is 1. The molecule has 0 aliphatic carbocycles. The van der Waals surface area contributed by atoms with Gasteiger partial charge in [-0.15, -0.1) is 0 Å². The lowest BCUT2D eigenvalue weighted by molar-refractivity contribution is -0.119. The first kappa shape index (κ1) is 22.8. The quantitative estimate of drug-likeness (QED) is 0.639. The third-order valence-electron chi connectivity index (χ3n) is 4.16. The molecule has 1 amide bonds. The maximum atomic E-state index is 12.5. The van der Waals surface area contributed by atoms with Gasteiger partial charge in [0.2, 0.25) is 21.7 Å². The summed E-state index contributed by atoms with van der Waals surface area (Å²) in [6.07, 6.45) is 0.999. The first-order chi connectivity index (χ1) is 14.2. The first-order valence-corrected chi connectivity index (χ1v) is 10.6. The van der Waals surface area contributed by atoms with Crippen molar-refractivity contribution in [3.63, 3.8) is 0 Å². The second-order valence-corrected chi connectivity index (χ2v) is 8.15. The molecule has 0 bridgehead atoms. The SMILES string of the molecule is COc1cc(CNC(=O)CN(c2cccc(C#N)c2)S(C)(=O)=O)cc(OC)c1OC. The number of benzene rings is 2. The van der Waals surface area contributed by atoms with E-state index in [4.69, 9.17) is 19.5 Å². The van der Waals surface area contributed by atoms with E-state index in [9.17, 15) is 13.2 Å². The van der Waals surface area contributed by atoms with E-state index in [2.05, 4.69) is 5.32 Å². The zero-order chi connectivity index (χ0) is 22.3. The van der Waals surface area contributed by atoms with Gasteiger partial charge in [0.1, 0.15) is 6.54 Å². The van der Waals surface area contributed by atoms with E-state index >= 15 is 0 Å². The number of amides is 1. The molecule has 0 aliphatic rings. The average molecular weight is 433 g/mol. The molecule has 30 heavy (non-hydrogen) atoms. The van der Waals surface area contributed by atoms with Crippen LogP contribution >= 0.6 is 0 Å². The van der Waals surface area contributed by atoms with Crippen LogP contribution in [0.1, 0.15) is 11.1 Å². The zero-order valence-corrected chi connectivity index (χ0v) is 17.9. The van der Waals surface area contributed by atoms with E-state index in [1.165, 1.54) is 33.5 Å². The number of nitrogens with zero attached hydrogens (tertiary/aromatic N) is 2. The van der Waals surface area contributed by atoms with Crippen LogP contribution < -0.4 is 23.8 Å². The highest BCUT2D eigenvalue weighted by molar-refractivity contribution is 7.92. The smallest absolute Gasteiger partial charge is 0.241 e. The number of carbonyl (C=O) groups is 1. The van der Waals surface area contributed by atoms with Gasteiger partial charge in [0.25, 0.3) is 0 Å². The molecule has 2 rings (SSSR count). The highest BCUT2D eigenvalue weighted by Gasteiger charge is 2.21. The van der Waals surface area contributed by atoms with Crippen molar-refractivity contribution in [2.75, 3.05) is 38.4 Å². The number of nitriles is 1. The van der Waals surface area contributed by atoms with Crippen LogP contribution in [0.3, 0.4) is 0 Å². The minimum Gasteiger partial charge on any atom is -0.493 e. The van der Waals surface area contributed by atoms with Gasteiger partial charge in [-0.2, -0.15) is 5.26 Å². The van der Waals surface area contributed by atoms with Gasteiger partial charge in [0.15, 0.2) is 11.5 Å². The fourth-order valence-corrected chi connectivity index (χ4v) is 3.60. The van der Waals surface area contributed by atoms with Crippen molar-refractivity contribution < 1.29 is 27.4 Å². The molecule has 0 aliphatic heterocycles. The molecule has 10 heteroatoms. The molecule has 160 valence electrons. The van der Waals surface area contributed by atoms with Crippen LogP contribution in [-0.2, 0) is 21.4 Å². The van der Waals surface area contributed by atoms with Crippen molar-refractivity contribution in [1.29, 1.82) is 5.26 Å². The average Bonchev–Trinajstić information content (AvgIpc) is 2.74. The summed E-state index contributed by atoms with van der Waals surface area (Å²) in [6.45, 7) is -0.316. The summed E-state index contributed by atoms with van der Waals surface area (Å²) >= 11 is 0. The van der Waals surface area contributed by atoms with Crippen LogP contribution in [0.4, 0.5) is 5.69 Å². The van der Waals surface area contributed by atoms with Gasteiger partial charge < -0.3 is 19.5 Å². The van der Waals surface area contributed by atoms with Crippen molar-refractivity contribution in [1.82, 2.24) is 5.32 Å². The summed E-state index contributed by atoms with van der Waals surface area (Å²) in [4.78, 5) is 12.5. The largest absolute Gasteiger partial charge is 0.493 e. The lowest BCUT2D eigenvalue weighted by Crippen LogP contribution is -2.40. The van der Waals surface area contributed by atoms with Gasteiger partial charge in [0, 0.05) is 6.54 Å². The zero-order valence-electron chi connectivity index (χ0n) is 17.1. The third kappa shape index (κ3) is 5.55. The van der Waals surface area contributed by atoms with E-state index < -0.39 is 22.5 Å². The van der Waals surface area contributed by atoms with Crippen molar-refractivity contribution in [2.45, 2.75) is 6.54 Å².